The monoisotopic (exact) mass is 396 g/mol. The van der Waals surface area contributed by atoms with Crippen LogP contribution in [0.25, 0.3) is 5.57 Å². The molecule has 2 nitrogen and oxygen atoms in total. The highest BCUT2D eigenvalue weighted by atomic mass is 16.5. The van der Waals surface area contributed by atoms with Crippen molar-refractivity contribution in [2.24, 2.45) is 11.8 Å². The Kier molecular flexibility index (Phi) is 8.83. The molecule has 2 aliphatic carbocycles. The molecule has 1 unspecified atom stereocenters. The molecule has 0 amide bonds. The lowest BCUT2D eigenvalue weighted by molar-refractivity contribution is 0.0161. The fourth-order valence-electron chi connectivity index (χ4n) is 4.98. The summed E-state index contributed by atoms with van der Waals surface area (Å²) < 4.78 is 5.81. The van der Waals surface area contributed by atoms with Crippen LogP contribution in [0.15, 0.2) is 30.3 Å². The van der Waals surface area contributed by atoms with Gasteiger partial charge in [0, 0.05) is 0 Å². The average Bonchev–Trinajstić information content (AvgIpc) is 2.77. The minimum absolute atomic E-state index is 0.112. The number of esters is 1. The number of carbonyl (C=O) groups excluding carboxylic acids is 1. The Hall–Kier alpha value is -1.57. The molecule has 1 aromatic carbocycles. The third-order valence-electron chi connectivity index (χ3n) is 7.01. The lowest BCUT2D eigenvalue weighted by atomic mass is 9.84. The van der Waals surface area contributed by atoms with Gasteiger partial charge in [-0.05, 0) is 80.1 Å². The Labute approximate surface area is 178 Å². The lowest BCUT2D eigenvalue weighted by Crippen LogP contribution is -2.24. The van der Waals surface area contributed by atoms with E-state index in [2.05, 4.69) is 32.1 Å². The number of allylic oxidation sites excluding steroid dienone is 2. The van der Waals surface area contributed by atoms with E-state index in [0.717, 1.165) is 24.7 Å². The van der Waals surface area contributed by atoms with Gasteiger partial charge >= 0.3 is 5.97 Å². The van der Waals surface area contributed by atoms with Crippen molar-refractivity contribution in [3.05, 3.63) is 41.5 Å². The maximum Gasteiger partial charge on any atom is 0.338 e. The van der Waals surface area contributed by atoms with Crippen LogP contribution in [0, 0.1) is 11.8 Å². The summed E-state index contributed by atoms with van der Waals surface area (Å²) in [7, 11) is 0. The standard InChI is InChI=1S/C27H40O2/c1-3-5-7-21-9-13-23(14-10-21)24-15-17-25(18-16-24)27(28)29-26-19-11-22(12-20-26)8-6-4-2/h13,15-18,21-22,26H,3-12,14,19-20H2,1-2H3/t21?,22-,26-. The van der Waals surface area contributed by atoms with Crippen LogP contribution in [0.1, 0.15) is 113 Å². The molecule has 0 saturated heterocycles. The number of hydrogen-bond acceptors (Lipinski definition) is 2. The maximum absolute atomic E-state index is 12.6. The van der Waals surface area contributed by atoms with Gasteiger partial charge in [0.15, 0.2) is 0 Å². The molecule has 2 heteroatoms. The maximum atomic E-state index is 12.6. The highest BCUT2D eigenvalue weighted by Crippen LogP contribution is 2.33. The second-order valence-corrected chi connectivity index (χ2v) is 9.28. The van der Waals surface area contributed by atoms with Gasteiger partial charge in [0.25, 0.3) is 0 Å². The van der Waals surface area contributed by atoms with Gasteiger partial charge in [0.05, 0.1) is 5.56 Å². The van der Waals surface area contributed by atoms with E-state index in [9.17, 15) is 4.79 Å². The molecule has 0 aliphatic heterocycles. The first kappa shape index (κ1) is 22.1. The van der Waals surface area contributed by atoms with Gasteiger partial charge < -0.3 is 4.74 Å². The van der Waals surface area contributed by atoms with Crippen molar-refractivity contribution >= 4 is 11.5 Å². The molecule has 1 aromatic rings. The molecule has 1 atom stereocenters. The van der Waals surface area contributed by atoms with Crippen LogP contribution in [0.4, 0.5) is 0 Å². The summed E-state index contributed by atoms with van der Waals surface area (Å²) in [5.74, 6) is 1.56. The number of hydrogen-bond donors (Lipinski definition) is 0. The van der Waals surface area contributed by atoms with Crippen molar-refractivity contribution in [2.45, 2.75) is 103 Å². The van der Waals surface area contributed by atoms with E-state index < -0.39 is 0 Å². The summed E-state index contributed by atoms with van der Waals surface area (Å²) in [6, 6.07) is 8.12. The van der Waals surface area contributed by atoms with Gasteiger partial charge in [-0.1, -0.05) is 70.6 Å². The molecular weight excluding hydrogens is 356 g/mol. The predicted molar refractivity (Wildman–Crippen MR) is 122 cm³/mol. The lowest BCUT2D eigenvalue weighted by Gasteiger charge is -2.28. The van der Waals surface area contributed by atoms with Crippen molar-refractivity contribution < 1.29 is 9.53 Å². The smallest absolute Gasteiger partial charge is 0.338 e. The summed E-state index contributed by atoms with van der Waals surface area (Å²) in [6.07, 6.45) is 18.7. The second-order valence-electron chi connectivity index (χ2n) is 9.28. The van der Waals surface area contributed by atoms with E-state index in [0.29, 0.717) is 5.56 Å². The first-order valence-corrected chi connectivity index (χ1v) is 12.2. The topological polar surface area (TPSA) is 26.3 Å². The predicted octanol–water partition coefficient (Wildman–Crippen LogP) is 7.97. The number of ether oxygens (including phenoxy) is 1. The van der Waals surface area contributed by atoms with E-state index in [1.165, 1.54) is 81.8 Å². The molecule has 160 valence electrons. The molecule has 0 bridgehead atoms. The first-order valence-electron chi connectivity index (χ1n) is 12.2. The Bertz CT molecular complexity index is 650. The number of carbonyl (C=O) groups is 1. The number of benzene rings is 1. The minimum atomic E-state index is -0.147. The first-order chi connectivity index (χ1) is 14.2. The minimum Gasteiger partial charge on any atom is -0.459 e. The van der Waals surface area contributed by atoms with Crippen molar-refractivity contribution in [1.82, 2.24) is 0 Å². The van der Waals surface area contributed by atoms with Crippen LogP contribution < -0.4 is 0 Å². The van der Waals surface area contributed by atoms with E-state index in [-0.39, 0.29) is 12.1 Å². The summed E-state index contributed by atoms with van der Waals surface area (Å²) in [5, 5.41) is 0. The summed E-state index contributed by atoms with van der Waals surface area (Å²) in [4.78, 5) is 12.6. The van der Waals surface area contributed by atoms with Gasteiger partial charge in [0.1, 0.15) is 6.10 Å². The van der Waals surface area contributed by atoms with Crippen LogP contribution in [0.2, 0.25) is 0 Å². The van der Waals surface area contributed by atoms with E-state index in [4.69, 9.17) is 4.74 Å². The highest BCUT2D eigenvalue weighted by molar-refractivity contribution is 5.90. The Morgan fingerprint density at radius 3 is 2.14 bits per heavy atom. The molecule has 0 N–H and O–H groups in total. The van der Waals surface area contributed by atoms with Gasteiger partial charge in [0.2, 0.25) is 0 Å². The third kappa shape index (κ3) is 6.73. The Morgan fingerprint density at radius 1 is 0.897 bits per heavy atom. The van der Waals surface area contributed by atoms with Crippen molar-refractivity contribution in [3.63, 3.8) is 0 Å². The van der Waals surface area contributed by atoms with Gasteiger partial charge in [-0.3, -0.25) is 0 Å². The zero-order chi connectivity index (χ0) is 20.5. The zero-order valence-electron chi connectivity index (χ0n) is 18.6. The molecular formula is C27H40O2. The number of rotatable bonds is 9. The van der Waals surface area contributed by atoms with Gasteiger partial charge in [-0.15, -0.1) is 0 Å². The molecule has 0 heterocycles. The highest BCUT2D eigenvalue weighted by Gasteiger charge is 2.24. The summed E-state index contributed by atoms with van der Waals surface area (Å²) in [5.41, 5.74) is 3.41. The van der Waals surface area contributed by atoms with Crippen molar-refractivity contribution in [2.75, 3.05) is 0 Å². The molecule has 2 aliphatic rings. The van der Waals surface area contributed by atoms with E-state index in [1.54, 1.807) is 0 Å². The van der Waals surface area contributed by atoms with Crippen LogP contribution in [-0.2, 0) is 4.74 Å². The third-order valence-corrected chi connectivity index (χ3v) is 7.01. The second kappa shape index (κ2) is 11.6. The Balaban J connectivity index is 1.46. The van der Waals surface area contributed by atoms with Crippen molar-refractivity contribution in [3.8, 4) is 0 Å². The molecule has 29 heavy (non-hydrogen) atoms. The Morgan fingerprint density at radius 2 is 1.55 bits per heavy atom. The number of unbranched alkanes of at least 4 members (excludes halogenated alkanes) is 2. The largest absolute Gasteiger partial charge is 0.459 e. The van der Waals surface area contributed by atoms with Crippen LogP contribution in [0.3, 0.4) is 0 Å². The molecule has 3 rings (SSSR count). The van der Waals surface area contributed by atoms with Crippen LogP contribution >= 0.6 is 0 Å². The summed E-state index contributed by atoms with van der Waals surface area (Å²) >= 11 is 0. The summed E-state index contributed by atoms with van der Waals surface area (Å²) in [6.45, 7) is 4.53. The normalized spacial score (nSPS) is 24.8. The fraction of sp³-hybridized carbons (Fsp3) is 0.667. The molecule has 0 radical (unpaired) electrons. The van der Waals surface area contributed by atoms with E-state index >= 15 is 0 Å². The van der Waals surface area contributed by atoms with Gasteiger partial charge in [-0.25, -0.2) is 4.79 Å². The molecule has 1 fully saturated rings. The van der Waals surface area contributed by atoms with Crippen LogP contribution in [-0.4, -0.2) is 12.1 Å². The average molecular weight is 397 g/mol. The fourth-order valence-corrected chi connectivity index (χ4v) is 4.98. The molecule has 0 spiro atoms. The molecule has 0 aromatic heterocycles. The SMILES string of the molecule is CCCCC1CC=C(c2ccc(C(=O)O[C@H]3CC[C@H](CCCC)CC3)cc2)CC1. The van der Waals surface area contributed by atoms with E-state index in [1.807, 2.05) is 12.1 Å². The molecule has 1 saturated carbocycles. The zero-order valence-corrected chi connectivity index (χ0v) is 18.6. The van der Waals surface area contributed by atoms with Gasteiger partial charge in [-0.2, -0.15) is 0 Å². The quantitative estimate of drug-likeness (QED) is 0.396. The van der Waals surface area contributed by atoms with Crippen LogP contribution in [0.5, 0.6) is 0 Å². The van der Waals surface area contributed by atoms with Crippen molar-refractivity contribution in [1.29, 1.82) is 0 Å².